The maximum Gasteiger partial charge on any atom is 0.107 e. The number of allylic oxidation sites excluding steroid dienone is 4. The number of benzene rings is 4. The van der Waals surface area contributed by atoms with Crippen molar-refractivity contribution in [3.8, 4) is 0 Å². The highest BCUT2D eigenvalue weighted by Crippen LogP contribution is 2.53. The van der Waals surface area contributed by atoms with Gasteiger partial charge in [-0.1, -0.05) is 127 Å². The van der Waals surface area contributed by atoms with Crippen molar-refractivity contribution < 1.29 is 0 Å². The zero-order chi connectivity index (χ0) is 28.2. The quantitative estimate of drug-likeness (QED) is 0.260. The molecule has 1 aliphatic heterocycles. The maximum absolute atomic E-state index is 6.52. The van der Waals surface area contributed by atoms with Crippen LogP contribution in [0, 0.1) is 0 Å². The molecule has 204 valence electrons. The first-order chi connectivity index (χ1) is 20.7. The highest BCUT2D eigenvalue weighted by molar-refractivity contribution is 6.33. The standard InChI is InChI=1S/C38H30ClN3/c1-42-34-21-10-7-16-29(34)37(24-12-3-2-4-13-24)41-38(42)36-28-15-6-5-14-27(28)35-26-17-11-20-32(25(26)22-23-30(35)36)40-33-19-9-8-18-31(33)39/h2-23,34-35,38,40-41H,1H3. The Hall–Kier alpha value is -4.57. The van der Waals surface area contributed by atoms with Gasteiger partial charge in [-0.25, -0.2) is 0 Å². The molecule has 0 saturated carbocycles. The van der Waals surface area contributed by atoms with Gasteiger partial charge in [0.1, 0.15) is 6.17 Å². The Labute approximate surface area is 251 Å². The van der Waals surface area contributed by atoms with Gasteiger partial charge in [0.05, 0.1) is 16.8 Å². The number of fused-ring (bicyclic) bond motifs is 6. The lowest BCUT2D eigenvalue weighted by atomic mass is 9.81. The number of nitrogens with zero attached hydrogens (tertiary/aromatic N) is 1. The fourth-order valence-electron chi connectivity index (χ4n) is 7.04. The fraction of sp³-hybridized carbons (Fsp3) is 0.105. The van der Waals surface area contributed by atoms with Crippen LogP contribution in [0.25, 0.3) is 17.3 Å². The molecule has 4 heteroatoms. The van der Waals surface area contributed by atoms with E-state index < -0.39 is 0 Å². The van der Waals surface area contributed by atoms with E-state index in [9.17, 15) is 0 Å². The normalized spacial score (nSPS) is 21.9. The topological polar surface area (TPSA) is 27.3 Å². The summed E-state index contributed by atoms with van der Waals surface area (Å²) < 4.78 is 0. The number of likely N-dealkylation sites (N-methyl/N-ethyl adjacent to an activating group) is 1. The first-order valence-corrected chi connectivity index (χ1v) is 14.9. The molecule has 1 heterocycles. The molecule has 0 aromatic heterocycles. The molecular formula is C38H30ClN3. The lowest BCUT2D eigenvalue weighted by Gasteiger charge is -2.43. The number of rotatable bonds is 4. The van der Waals surface area contributed by atoms with E-state index in [0.29, 0.717) is 5.02 Å². The summed E-state index contributed by atoms with van der Waals surface area (Å²) in [5.74, 6) is 0.159. The van der Waals surface area contributed by atoms with Crippen LogP contribution in [0.1, 0.15) is 33.7 Å². The zero-order valence-corrected chi connectivity index (χ0v) is 24.0. The average molecular weight is 564 g/mol. The molecule has 0 bridgehead atoms. The number of halogens is 1. The van der Waals surface area contributed by atoms with E-state index in [-0.39, 0.29) is 18.1 Å². The lowest BCUT2D eigenvalue weighted by Crippen LogP contribution is -2.53. The molecule has 0 radical (unpaired) electrons. The molecular weight excluding hydrogens is 534 g/mol. The second kappa shape index (κ2) is 10.1. The van der Waals surface area contributed by atoms with Crippen molar-refractivity contribution >= 4 is 40.3 Å². The molecule has 4 aromatic rings. The van der Waals surface area contributed by atoms with Crippen LogP contribution in [0.4, 0.5) is 11.4 Å². The molecule has 3 unspecified atom stereocenters. The average Bonchev–Trinajstić information content (AvgIpc) is 3.38. The van der Waals surface area contributed by atoms with E-state index in [0.717, 1.165) is 11.4 Å². The van der Waals surface area contributed by atoms with Gasteiger partial charge in [-0.15, -0.1) is 0 Å². The van der Waals surface area contributed by atoms with Crippen molar-refractivity contribution in [2.24, 2.45) is 0 Å². The first-order valence-electron chi connectivity index (χ1n) is 14.5. The second-order valence-electron chi connectivity index (χ2n) is 11.2. The van der Waals surface area contributed by atoms with Crippen molar-refractivity contribution in [1.82, 2.24) is 10.2 Å². The van der Waals surface area contributed by atoms with Crippen LogP contribution < -0.4 is 10.6 Å². The summed E-state index contributed by atoms with van der Waals surface area (Å²) in [6.45, 7) is 0. The van der Waals surface area contributed by atoms with Gasteiger partial charge in [-0.05, 0) is 58.6 Å². The zero-order valence-electron chi connectivity index (χ0n) is 23.3. The Morgan fingerprint density at radius 1 is 0.714 bits per heavy atom. The third kappa shape index (κ3) is 3.93. The van der Waals surface area contributed by atoms with Gasteiger partial charge in [0.25, 0.3) is 0 Å². The van der Waals surface area contributed by atoms with Gasteiger partial charge in [0.15, 0.2) is 0 Å². The largest absolute Gasteiger partial charge is 0.365 e. The van der Waals surface area contributed by atoms with Gasteiger partial charge in [0, 0.05) is 28.4 Å². The monoisotopic (exact) mass is 563 g/mol. The molecule has 0 saturated heterocycles. The summed E-state index contributed by atoms with van der Waals surface area (Å²) in [6.07, 6.45) is 13.5. The van der Waals surface area contributed by atoms with E-state index in [4.69, 9.17) is 11.6 Å². The SMILES string of the molecule is CN1C2C=CC=CC2=C(c2ccccc2)NC1C1=C2C=Cc3c(Nc4ccccc4Cl)cccc3C2c2ccccc21. The summed E-state index contributed by atoms with van der Waals surface area (Å²) in [4.78, 5) is 2.47. The van der Waals surface area contributed by atoms with Gasteiger partial charge in [-0.2, -0.15) is 0 Å². The summed E-state index contributed by atoms with van der Waals surface area (Å²) >= 11 is 6.52. The molecule has 0 amide bonds. The van der Waals surface area contributed by atoms with Gasteiger partial charge < -0.3 is 10.6 Å². The van der Waals surface area contributed by atoms with Crippen molar-refractivity contribution in [2.45, 2.75) is 18.1 Å². The molecule has 8 rings (SSSR count). The summed E-state index contributed by atoms with van der Waals surface area (Å²) in [6, 6.07) is 34.3. The Balaban J connectivity index is 1.27. The smallest absolute Gasteiger partial charge is 0.107 e. The summed E-state index contributed by atoms with van der Waals surface area (Å²) in [7, 11) is 2.24. The first kappa shape index (κ1) is 25.2. The minimum absolute atomic E-state index is 0.00175. The summed E-state index contributed by atoms with van der Waals surface area (Å²) in [5, 5.41) is 8.32. The molecule has 0 fully saturated rings. The number of para-hydroxylation sites is 1. The van der Waals surface area contributed by atoms with E-state index in [1.165, 1.54) is 50.2 Å². The third-order valence-corrected chi connectivity index (χ3v) is 9.29. The molecule has 0 spiro atoms. The van der Waals surface area contributed by atoms with Crippen LogP contribution in [0.15, 0.2) is 139 Å². The number of hydrogen-bond donors (Lipinski definition) is 2. The predicted octanol–water partition coefficient (Wildman–Crippen LogP) is 8.78. The molecule has 42 heavy (non-hydrogen) atoms. The van der Waals surface area contributed by atoms with Crippen molar-refractivity contribution in [3.05, 3.63) is 171 Å². The van der Waals surface area contributed by atoms with Crippen molar-refractivity contribution in [2.75, 3.05) is 12.4 Å². The molecule has 2 N–H and O–H groups in total. The van der Waals surface area contributed by atoms with Crippen LogP contribution in [-0.2, 0) is 0 Å². The van der Waals surface area contributed by atoms with Crippen LogP contribution >= 0.6 is 11.6 Å². The number of anilines is 2. The molecule has 4 aromatic carbocycles. The van der Waals surface area contributed by atoms with E-state index in [2.05, 4.69) is 132 Å². The van der Waals surface area contributed by atoms with Crippen LogP contribution in [0.5, 0.6) is 0 Å². The molecule has 3 atom stereocenters. The Morgan fingerprint density at radius 2 is 1.48 bits per heavy atom. The van der Waals surface area contributed by atoms with E-state index in [1.54, 1.807) is 0 Å². The minimum atomic E-state index is 0.00175. The van der Waals surface area contributed by atoms with Crippen LogP contribution in [0.3, 0.4) is 0 Å². The Morgan fingerprint density at radius 3 is 2.36 bits per heavy atom. The lowest BCUT2D eigenvalue weighted by molar-refractivity contribution is 0.238. The van der Waals surface area contributed by atoms with Crippen LogP contribution in [-0.4, -0.2) is 24.2 Å². The van der Waals surface area contributed by atoms with Crippen molar-refractivity contribution in [3.63, 3.8) is 0 Å². The maximum atomic E-state index is 6.52. The van der Waals surface area contributed by atoms with E-state index in [1.807, 2.05) is 24.3 Å². The van der Waals surface area contributed by atoms with Gasteiger partial charge in [0.2, 0.25) is 0 Å². The van der Waals surface area contributed by atoms with Gasteiger partial charge >= 0.3 is 0 Å². The second-order valence-corrected chi connectivity index (χ2v) is 11.6. The third-order valence-electron chi connectivity index (χ3n) is 8.96. The minimum Gasteiger partial charge on any atom is -0.365 e. The number of hydrogen-bond acceptors (Lipinski definition) is 3. The van der Waals surface area contributed by atoms with Crippen molar-refractivity contribution in [1.29, 1.82) is 0 Å². The highest BCUT2D eigenvalue weighted by atomic mass is 35.5. The molecule has 4 aliphatic rings. The number of nitrogens with one attached hydrogen (secondary N) is 2. The predicted molar refractivity (Wildman–Crippen MR) is 176 cm³/mol. The van der Waals surface area contributed by atoms with Crippen LogP contribution in [0.2, 0.25) is 5.02 Å². The Kier molecular flexibility index (Phi) is 6.03. The summed E-state index contributed by atoms with van der Waals surface area (Å²) in [5.41, 5.74) is 13.6. The Bertz CT molecular complexity index is 1880. The molecule has 3 nitrogen and oxygen atoms in total. The fourth-order valence-corrected chi connectivity index (χ4v) is 7.22. The highest BCUT2D eigenvalue weighted by Gasteiger charge is 2.42. The van der Waals surface area contributed by atoms with Gasteiger partial charge in [-0.3, -0.25) is 4.90 Å². The molecule has 3 aliphatic carbocycles. The van der Waals surface area contributed by atoms with E-state index >= 15 is 0 Å².